The van der Waals surface area contributed by atoms with E-state index in [4.69, 9.17) is 14.2 Å². The first-order chi connectivity index (χ1) is 19.9. The van der Waals surface area contributed by atoms with Gasteiger partial charge in [-0.05, 0) is 60.5 Å². The first-order valence-corrected chi connectivity index (χ1v) is 13.0. The summed E-state index contributed by atoms with van der Waals surface area (Å²) in [6.07, 6.45) is 1.42. The van der Waals surface area contributed by atoms with Crippen LogP contribution in [0, 0.1) is 6.92 Å². The highest BCUT2D eigenvalue weighted by atomic mass is 16.5. The molecule has 0 unspecified atom stereocenters. The summed E-state index contributed by atoms with van der Waals surface area (Å²) >= 11 is 0. The normalized spacial score (nSPS) is 14.1. The number of anilines is 1. The predicted molar refractivity (Wildman–Crippen MR) is 155 cm³/mol. The molecule has 4 amide bonds. The van der Waals surface area contributed by atoms with Crippen LogP contribution >= 0.6 is 0 Å². The van der Waals surface area contributed by atoms with E-state index in [0.717, 1.165) is 21.6 Å². The molecule has 0 spiro atoms. The number of methoxy groups -OCH3 is 1. The van der Waals surface area contributed by atoms with Crippen LogP contribution in [0.15, 0.2) is 103 Å². The SMILES string of the molecule is COc1ccc(/C=C2\C(=O)NC(=O)N(c3ccc(OCc4ccccc4)cc3)C2=O)c(OCc2ccc(C)cc2)c1. The first kappa shape index (κ1) is 27.2. The van der Waals surface area contributed by atoms with E-state index < -0.39 is 17.8 Å². The van der Waals surface area contributed by atoms with Crippen molar-refractivity contribution in [3.8, 4) is 17.2 Å². The Balaban J connectivity index is 1.37. The van der Waals surface area contributed by atoms with Gasteiger partial charge in [0.15, 0.2) is 0 Å². The lowest BCUT2D eigenvalue weighted by Crippen LogP contribution is -2.54. The molecule has 1 aliphatic heterocycles. The third kappa shape index (κ3) is 6.45. The minimum atomic E-state index is -0.833. The van der Waals surface area contributed by atoms with E-state index in [2.05, 4.69) is 5.32 Å². The largest absolute Gasteiger partial charge is 0.497 e. The van der Waals surface area contributed by atoms with Crippen molar-refractivity contribution in [2.75, 3.05) is 12.0 Å². The van der Waals surface area contributed by atoms with Gasteiger partial charge in [0.1, 0.15) is 36.0 Å². The minimum absolute atomic E-state index is 0.209. The maximum absolute atomic E-state index is 13.5. The van der Waals surface area contributed by atoms with Gasteiger partial charge in [0.2, 0.25) is 0 Å². The number of rotatable bonds is 9. The molecule has 0 radical (unpaired) electrons. The summed E-state index contributed by atoms with van der Waals surface area (Å²) in [5.74, 6) is -0.00228. The lowest BCUT2D eigenvalue weighted by atomic mass is 10.1. The van der Waals surface area contributed by atoms with Crippen molar-refractivity contribution in [2.24, 2.45) is 0 Å². The molecular weight excluding hydrogens is 520 g/mol. The summed E-state index contributed by atoms with van der Waals surface area (Å²) < 4.78 is 17.2. The number of hydrogen-bond donors (Lipinski definition) is 1. The van der Waals surface area contributed by atoms with E-state index >= 15 is 0 Å². The summed E-state index contributed by atoms with van der Waals surface area (Å²) in [4.78, 5) is 39.9. The maximum atomic E-state index is 13.5. The van der Waals surface area contributed by atoms with E-state index in [1.807, 2.05) is 61.5 Å². The molecule has 0 bridgehead atoms. The van der Waals surface area contributed by atoms with Crippen molar-refractivity contribution < 1.29 is 28.6 Å². The molecule has 1 aliphatic rings. The molecule has 1 N–H and O–H groups in total. The summed E-state index contributed by atoms with van der Waals surface area (Å²) in [5.41, 5.74) is 3.67. The highest BCUT2D eigenvalue weighted by Gasteiger charge is 2.37. The molecular formula is C33H28N2O6. The number of hydrogen-bond acceptors (Lipinski definition) is 6. The number of urea groups is 1. The van der Waals surface area contributed by atoms with Crippen molar-refractivity contribution in [3.63, 3.8) is 0 Å². The van der Waals surface area contributed by atoms with Gasteiger partial charge < -0.3 is 14.2 Å². The zero-order valence-corrected chi connectivity index (χ0v) is 22.6. The van der Waals surface area contributed by atoms with E-state index in [1.54, 1.807) is 42.5 Å². The average molecular weight is 549 g/mol. The smallest absolute Gasteiger partial charge is 0.335 e. The maximum Gasteiger partial charge on any atom is 0.335 e. The number of amides is 4. The molecule has 206 valence electrons. The van der Waals surface area contributed by atoms with Gasteiger partial charge in [-0.15, -0.1) is 0 Å². The third-order valence-corrected chi connectivity index (χ3v) is 6.48. The van der Waals surface area contributed by atoms with Crippen LogP contribution in [-0.4, -0.2) is 25.0 Å². The van der Waals surface area contributed by atoms with Gasteiger partial charge in [0.05, 0.1) is 12.8 Å². The molecule has 5 rings (SSSR count). The van der Waals surface area contributed by atoms with Crippen LogP contribution in [0.3, 0.4) is 0 Å². The number of aryl methyl sites for hydroxylation is 1. The van der Waals surface area contributed by atoms with Crippen molar-refractivity contribution in [1.29, 1.82) is 0 Å². The highest BCUT2D eigenvalue weighted by molar-refractivity contribution is 6.39. The topological polar surface area (TPSA) is 94.2 Å². The van der Waals surface area contributed by atoms with Gasteiger partial charge in [-0.3, -0.25) is 14.9 Å². The molecule has 8 nitrogen and oxygen atoms in total. The molecule has 0 aromatic heterocycles. The first-order valence-electron chi connectivity index (χ1n) is 13.0. The number of ether oxygens (including phenoxy) is 3. The van der Waals surface area contributed by atoms with Crippen LogP contribution in [0.25, 0.3) is 6.08 Å². The van der Waals surface area contributed by atoms with Crippen molar-refractivity contribution >= 4 is 29.6 Å². The Morgan fingerprint density at radius 3 is 2.12 bits per heavy atom. The molecule has 0 aliphatic carbocycles. The second kappa shape index (κ2) is 12.2. The Bertz CT molecular complexity index is 1600. The lowest BCUT2D eigenvalue weighted by Gasteiger charge is -2.26. The fraction of sp³-hybridized carbons (Fsp3) is 0.121. The molecule has 4 aromatic rings. The van der Waals surface area contributed by atoms with Crippen LogP contribution in [0.2, 0.25) is 0 Å². The lowest BCUT2D eigenvalue weighted by molar-refractivity contribution is -0.122. The molecule has 41 heavy (non-hydrogen) atoms. The van der Waals surface area contributed by atoms with E-state index in [1.165, 1.54) is 13.2 Å². The third-order valence-electron chi connectivity index (χ3n) is 6.48. The Morgan fingerprint density at radius 1 is 0.756 bits per heavy atom. The fourth-order valence-electron chi connectivity index (χ4n) is 4.21. The van der Waals surface area contributed by atoms with E-state index in [0.29, 0.717) is 35.1 Å². The van der Waals surface area contributed by atoms with Crippen molar-refractivity contribution in [2.45, 2.75) is 20.1 Å². The minimum Gasteiger partial charge on any atom is -0.497 e. The number of carbonyl (C=O) groups is 3. The Morgan fingerprint density at radius 2 is 1.41 bits per heavy atom. The quantitative estimate of drug-likeness (QED) is 0.209. The van der Waals surface area contributed by atoms with Crippen LogP contribution in [0.1, 0.15) is 22.3 Å². The Hall–Kier alpha value is -5.37. The highest BCUT2D eigenvalue weighted by Crippen LogP contribution is 2.30. The summed E-state index contributed by atoms with van der Waals surface area (Å²) in [5, 5.41) is 2.26. The number of nitrogens with one attached hydrogen (secondary N) is 1. The average Bonchev–Trinajstić information content (AvgIpc) is 2.99. The molecule has 1 saturated heterocycles. The number of nitrogens with zero attached hydrogens (tertiary/aromatic N) is 1. The van der Waals surface area contributed by atoms with Crippen LogP contribution in [0.5, 0.6) is 17.2 Å². The second-order valence-corrected chi connectivity index (χ2v) is 9.40. The molecule has 4 aromatic carbocycles. The van der Waals surface area contributed by atoms with Gasteiger partial charge in [-0.25, -0.2) is 9.69 Å². The van der Waals surface area contributed by atoms with Crippen LogP contribution in [0.4, 0.5) is 10.5 Å². The number of imide groups is 2. The number of barbiturate groups is 1. The Labute approximate surface area is 237 Å². The van der Waals surface area contributed by atoms with Gasteiger partial charge in [0.25, 0.3) is 11.8 Å². The summed E-state index contributed by atoms with van der Waals surface area (Å²) in [7, 11) is 1.54. The molecule has 1 fully saturated rings. The zero-order valence-electron chi connectivity index (χ0n) is 22.6. The van der Waals surface area contributed by atoms with Gasteiger partial charge in [-0.1, -0.05) is 60.2 Å². The van der Waals surface area contributed by atoms with Gasteiger partial charge >= 0.3 is 6.03 Å². The van der Waals surface area contributed by atoms with E-state index in [-0.39, 0.29) is 12.2 Å². The van der Waals surface area contributed by atoms with Gasteiger partial charge in [0, 0.05) is 11.6 Å². The standard InChI is InChI=1S/C33H28N2O6/c1-22-8-10-24(11-9-22)21-41-30-19-28(39-2)15-12-25(30)18-29-31(36)34-33(38)35(32(29)37)26-13-16-27(17-14-26)40-20-23-6-4-3-5-7-23/h3-19H,20-21H2,1-2H3,(H,34,36,38)/b29-18+. The van der Waals surface area contributed by atoms with Crippen molar-refractivity contribution in [1.82, 2.24) is 5.32 Å². The monoisotopic (exact) mass is 548 g/mol. The number of benzene rings is 4. The summed E-state index contributed by atoms with van der Waals surface area (Å²) in [6.45, 7) is 2.65. The molecule has 0 saturated carbocycles. The molecule has 1 heterocycles. The fourth-order valence-corrected chi connectivity index (χ4v) is 4.21. The van der Waals surface area contributed by atoms with Crippen LogP contribution < -0.4 is 24.4 Å². The summed E-state index contributed by atoms with van der Waals surface area (Å²) in [6, 6.07) is 28.4. The van der Waals surface area contributed by atoms with E-state index in [9.17, 15) is 14.4 Å². The molecule has 8 heteroatoms. The zero-order chi connectivity index (χ0) is 28.8. The Kier molecular flexibility index (Phi) is 8.10. The van der Waals surface area contributed by atoms with Crippen LogP contribution in [-0.2, 0) is 22.8 Å². The molecule has 0 atom stereocenters. The van der Waals surface area contributed by atoms with Crippen molar-refractivity contribution in [3.05, 3.63) is 125 Å². The second-order valence-electron chi connectivity index (χ2n) is 9.40. The number of carbonyl (C=O) groups excluding carboxylic acids is 3. The predicted octanol–water partition coefficient (Wildman–Crippen LogP) is 5.83. The van der Waals surface area contributed by atoms with Gasteiger partial charge in [-0.2, -0.15) is 0 Å².